The van der Waals surface area contributed by atoms with E-state index in [9.17, 15) is 14.0 Å². The SMILES string of the molecule is Cc1c(Cl)cccc1NC(=O)c1c(N2CCCC2=O)c2cc(F)ccc2n1C. The number of hydrogen-bond donors (Lipinski definition) is 1. The van der Waals surface area contributed by atoms with Crippen molar-refractivity contribution >= 4 is 45.7 Å². The summed E-state index contributed by atoms with van der Waals surface area (Å²) in [6, 6.07) is 9.61. The van der Waals surface area contributed by atoms with Gasteiger partial charge in [-0.2, -0.15) is 0 Å². The highest BCUT2D eigenvalue weighted by Gasteiger charge is 2.31. The molecule has 28 heavy (non-hydrogen) atoms. The fourth-order valence-electron chi connectivity index (χ4n) is 3.74. The smallest absolute Gasteiger partial charge is 0.274 e. The normalized spacial score (nSPS) is 14.1. The van der Waals surface area contributed by atoms with Crippen LogP contribution in [0, 0.1) is 12.7 Å². The third-order valence-corrected chi connectivity index (χ3v) is 5.62. The van der Waals surface area contributed by atoms with Crippen LogP contribution in [0.4, 0.5) is 15.8 Å². The lowest BCUT2D eigenvalue weighted by Gasteiger charge is -2.18. The second kappa shape index (κ2) is 6.95. The van der Waals surface area contributed by atoms with E-state index in [-0.39, 0.29) is 11.8 Å². The summed E-state index contributed by atoms with van der Waals surface area (Å²) in [7, 11) is 1.74. The van der Waals surface area contributed by atoms with E-state index in [1.165, 1.54) is 12.1 Å². The Labute approximate surface area is 166 Å². The number of nitrogens with zero attached hydrogens (tertiary/aromatic N) is 2. The van der Waals surface area contributed by atoms with Crippen LogP contribution in [0.5, 0.6) is 0 Å². The van der Waals surface area contributed by atoms with Crippen LogP contribution >= 0.6 is 11.6 Å². The third-order valence-electron chi connectivity index (χ3n) is 5.21. The van der Waals surface area contributed by atoms with Gasteiger partial charge in [-0.25, -0.2) is 4.39 Å². The van der Waals surface area contributed by atoms with Gasteiger partial charge in [0.05, 0.1) is 11.2 Å². The Hall–Kier alpha value is -2.86. The summed E-state index contributed by atoms with van der Waals surface area (Å²) >= 11 is 6.16. The number of halogens is 2. The van der Waals surface area contributed by atoms with Crippen LogP contribution in [0.15, 0.2) is 36.4 Å². The largest absolute Gasteiger partial charge is 0.338 e. The highest BCUT2D eigenvalue weighted by Crippen LogP contribution is 2.37. The third kappa shape index (κ3) is 2.94. The molecule has 1 fully saturated rings. The lowest BCUT2D eigenvalue weighted by atomic mass is 10.1. The Bertz CT molecular complexity index is 1120. The van der Waals surface area contributed by atoms with E-state index >= 15 is 0 Å². The average molecular weight is 400 g/mol. The van der Waals surface area contributed by atoms with Gasteiger partial charge in [0, 0.05) is 36.1 Å². The first-order valence-electron chi connectivity index (χ1n) is 9.03. The number of nitrogens with one attached hydrogen (secondary N) is 1. The number of amides is 2. The van der Waals surface area contributed by atoms with Gasteiger partial charge >= 0.3 is 0 Å². The van der Waals surface area contributed by atoms with Gasteiger partial charge in [0.2, 0.25) is 5.91 Å². The van der Waals surface area contributed by atoms with Crippen LogP contribution in [-0.2, 0) is 11.8 Å². The average Bonchev–Trinajstić information content (AvgIpc) is 3.19. The Morgan fingerprint density at radius 2 is 2.04 bits per heavy atom. The zero-order valence-corrected chi connectivity index (χ0v) is 16.3. The predicted octanol–water partition coefficient (Wildman–Crippen LogP) is 4.66. The van der Waals surface area contributed by atoms with E-state index in [4.69, 9.17) is 11.6 Å². The van der Waals surface area contributed by atoms with Crippen LogP contribution in [0.25, 0.3) is 10.9 Å². The Morgan fingerprint density at radius 3 is 2.75 bits per heavy atom. The second-order valence-corrected chi connectivity index (χ2v) is 7.34. The Morgan fingerprint density at radius 1 is 1.25 bits per heavy atom. The summed E-state index contributed by atoms with van der Waals surface area (Å²) in [6.45, 7) is 2.32. The Kier molecular flexibility index (Phi) is 4.59. The van der Waals surface area contributed by atoms with Gasteiger partial charge < -0.3 is 14.8 Å². The van der Waals surface area contributed by atoms with Gasteiger partial charge in [-0.3, -0.25) is 9.59 Å². The van der Waals surface area contributed by atoms with Gasteiger partial charge in [0.15, 0.2) is 0 Å². The van der Waals surface area contributed by atoms with Gasteiger partial charge in [-0.15, -0.1) is 0 Å². The molecular formula is C21H19ClFN3O2. The molecular weight excluding hydrogens is 381 g/mol. The molecule has 0 radical (unpaired) electrons. The lowest BCUT2D eigenvalue weighted by Crippen LogP contribution is -2.27. The van der Waals surface area contributed by atoms with Crippen molar-refractivity contribution in [3.63, 3.8) is 0 Å². The fourth-order valence-corrected chi connectivity index (χ4v) is 3.91. The van der Waals surface area contributed by atoms with Crippen LogP contribution in [-0.4, -0.2) is 22.9 Å². The first-order valence-corrected chi connectivity index (χ1v) is 9.41. The minimum absolute atomic E-state index is 0.0650. The summed E-state index contributed by atoms with van der Waals surface area (Å²) in [6.07, 6.45) is 1.12. The molecule has 7 heteroatoms. The van der Waals surface area contributed by atoms with E-state index in [2.05, 4.69) is 5.32 Å². The highest BCUT2D eigenvalue weighted by atomic mass is 35.5. The molecule has 0 bridgehead atoms. The predicted molar refractivity (Wildman–Crippen MR) is 109 cm³/mol. The molecule has 0 aliphatic carbocycles. The minimum Gasteiger partial charge on any atom is -0.338 e. The highest BCUT2D eigenvalue weighted by molar-refractivity contribution is 6.32. The molecule has 0 atom stereocenters. The summed E-state index contributed by atoms with van der Waals surface area (Å²) < 4.78 is 15.7. The summed E-state index contributed by atoms with van der Waals surface area (Å²) in [5.41, 5.74) is 2.80. The number of hydrogen-bond acceptors (Lipinski definition) is 2. The molecule has 1 aromatic heterocycles. The van der Waals surface area contributed by atoms with E-state index in [1.807, 2.05) is 6.92 Å². The topological polar surface area (TPSA) is 54.3 Å². The standard InChI is InChI=1S/C21H19ClFN3O2/c1-12-15(22)5-3-6-16(12)24-21(28)20-19(26-10-4-7-18(26)27)14-11-13(23)8-9-17(14)25(20)2/h3,5-6,8-9,11H,4,7,10H2,1-2H3,(H,24,28). The molecule has 2 amide bonds. The zero-order chi connectivity index (χ0) is 20.0. The summed E-state index contributed by atoms with van der Waals surface area (Å²) in [5.74, 6) is -0.854. The molecule has 1 aliphatic rings. The van der Waals surface area contributed by atoms with E-state index in [1.54, 1.807) is 40.8 Å². The molecule has 1 saturated heterocycles. The number of rotatable bonds is 3. The molecule has 3 aromatic rings. The van der Waals surface area contributed by atoms with Crippen molar-refractivity contribution in [2.45, 2.75) is 19.8 Å². The van der Waals surface area contributed by atoms with E-state index in [0.29, 0.717) is 52.4 Å². The van der Waals surface area contributed by atoms with Crippen molar-refractivity contribution in [3.05, 3.63) is 58.5 Å². The monoisotopic (exact) mass is 399 g/mol. The molecule has 2 heterocycles. The molecule has 1 N–H and O–H groups in total. The van der Waals surface area contributed by atoms with Gasteiger partial charge in [0.25, 0.3) is 5.91 Å². The van der Waals surface area contributed by atoms with Gasteiger partial charge in [-0.1, -0.05) is 17.7 Å². The fraction of sp³-hybridized carbons (Fsp3) is 0.238. The number of anilines is 2. The maximum Gasteiger partial charge on any atom is 0.274 e. The number of carbonyl (C=O) groups is 2. The van der Waals surface area contributed by atoms with Crippen molar-refractivity contribution in [2.24, 2.45) is 7.05 Å². The quantitative estimate of drug-likeness (QED) is 0.696. The van der Waals surface area contributed by atoms with Crippen LogP contribution < -0.4 is 10.2 Å². The van der Waals surface area contributed by atoms with Crippen molar-refractivity contribution in [3.8, 4) is 0 Å². The number of fused-ring (bicyclic) bond motifs is 1. The minimum atomic E-state index is -0.413. The molecule has 0 saturated carbocycles. The van der Waals surface area contributed by atoms with Gasteiger partial charge in [-0.05, 0) is 49.2 Å². The number of benzene rings is 2. The molecule has 0 spiro atoms. The lowest BCUT2D eigenvalue weighted by molar-refractivity contribution is -0.117. The molecule has 2 aromatic carbocycles. The van der Waals surface area contributed by atoms with Crippen molar-refractivity contribution in [1.82, 2.24) is 4.57 Å². The van der Waals surface area contributed by atoms with E-state index in [0.717, 1.165) is 5.56 Å². The number of aromatic nitrogens is 1. The van der Waals surface area contributed by atoms with Crippen LogP contribution in [0.2, 0.25) is 5.02 Å². The van der Waals surface area contributed by atoms with Crippen molar-refractivity contribution in [2.75, 3.05) is 16.8 Å². The number of carbonyl (C=O) groups excluding carboxylic acids is 2. The molecule has 4 rings (SSSR count). The number of aryl methyl sites for hydroxylation is 1. The summed E-state index contributed by atoms with van der Waals surface area (Å²) in [5, 5.41) is 3.98. The maximum absolute atomic E-state index is 14.0. The second-order valence-electron chi connectivity index (χ2n) is 6.93. The molecule has 144 valence electrons. The summed E-state index contributed by atoms with van der Waals surface area (Å²) in [4.78, 5) is 27.2. The first-order chi connectivity index (χ1) is 13.4. The Balaban J connectivity index is 1.88. The van der Waals surface area contributed by atoms with Gasteiger partial charge in [0.1, 0.15) is 11.5 Å². The molecule has 0 unspecified atom stereocenters. The molecule has 1 aliphatic heterocycles. The van der Waals surface area contributed by atoms with E-state index < -0.39 is 5.82 Å². The van der Waals surface area contributed by atoms with Crippen LogP contribution in [0.1, 0.15) is 28.9 Å². The zero-order valence-electron chi connectivity index (χ0n) is 15.6. The molecule has 5 nitrogen and oxygen atoms in total. The maximum atomic E-state index is 14.0. The van der Waals surface area contributed by atoms with Crippen LogP contribution in [0.3, 0.4) is 0 Å². The van der Waals surface area contributed by atoms with Crippen molar-refractivity contribution < 1.29 is 14.0 Å². The first kappa shape index (κ1) is 18.5. The van der Waals surface area contributed by atoms with Crippen molar-refractivity contribution in [1.29, 1.82) is 0 Å².